The first-order valence-corrected chi connectivity index (χ1v) is 3.58. The second kappa shape index (κ2) is 4.11. The van der Waals surface area contributed by atoms with Crippen molar-refractivity contribution in [2.75, 3.05) is 0 Å². The molecule has 0 spiro atoms. The van der Waals surface area contributed by atoms with Gasteiger partial charge in [-0.2, -0.15) is 0 Å². The molecule has 0 bridgehead atoms. The maximum Gasteiger partial charge on any atom is 0.346 e. The Morgan fingerprint density at radius 1 is 1.14 bits per heavy atom. The average molecular weight is 222 g/mol. The van der Waals surface area contributed by atoms with Gasteiger partial charge in [0.1, 0.15) is 4.86 Å². The summed E-state index contributed by atoms with van der Waals surface area (Å²) in [6.07, 6.45) is -1.30. The van der Waals surface area contributed by atoms with Crippen LogP contribution in [-0.4, -0.2) is 48.8 Å². The standard InChI is InChI=1S/C6H6O7S/c7-2(8)1-6(13,5(11)12)3(14)4(9)10/h13H,1H2,(H,7,8)(H,9,10)(H,11,12). The molecule has 0 aromatic rings. The van der Waals surface area contributed by atoms with Crippen molar-refractivity contribution in [3.8, 4) is 0 Å². The molecule has 0 amide bonds. The van der Waals surface area contributed by atoms with Gasteiger partial charge in [0.05, 0.1) is 6.42 Å². The summed E-state index contributed by atoms with van der Waals surface area (Å²) in [7, 11) is 0. The fourth-order valence-corrected chi connectivity index (χ4v) is 0.808. The molecule has 1 unspecified atom stereocenters. The van der Waals surface area contributed by atoms with E-state index in [1.54, 1.807) is 0 Å². The van der Waals surface area contributed by atoms with Crippen molar-refractivity contribution in [2.24, 2.45) is 0 Å². The van der Waals surface area contributed by atoms with E-state index in [0.29, 0.717) is 0 Å². The third kappa shape index (κ3) is 2.47. The zero-order valence-corrected chi connectivity index (χ0v) is 7.45. The van der Waals surface area contributed by atoms with Crippen LogP contribution in [0.4, 0.5) is 0 Å². The Labute approximate surface area is 82.6 Å². The number of thiocarbonyl (C=S) groups is 1. The molecule has 7 nitrogen and oxygen atoms in total. The molecule has 4 N–H and O–H groups in total. The van der Waals surface area contributed by atoms with Crippen LogP contribution in [-0.2, 0) is 14.4 Å². The molecule has 0 saturated carbocycles. The van der Waals surface area contributed by atoms with Gasteiger partial charge in [-0.25, -0.2) is 9.59 Å². The van der Waals surface area contributed by atoms with Crippen molar-refractivity contribution in [1.82, 2.24) is 0 Å². The van der Waals surface area contributed by atoms with E-state index in [1.165, 1.54) is 0 Å². The molecule has 0 fully saturated rings. The quantitative estimate of drug-likeness (QED) is 0.423. The van der Waals surface area contributed by atoms with E-state index in [1.807, 2.05) is 0 Å². The van der Waals surface area contributed by atoms with Gasteiger partial charge in [-0.3, -0.25) is 4.79 Å². The largest absolute Gasteiger partial charge is 0.481 e. The van der Waals surface area contributed by atoms with Crippen molar-refractivity contribution in [3.63, 3.8) is 0 Å². The smallest absolute Gasteiger partial charge is 0.346 e. The van der Waals surface area contributed by atoms with E-state index in [4.69, 9.17) is 15.3 Å². The number of carbonyl (C=O) groups is 3. The molecule has 78 valence electrons. The Morgan fingerprint density at radius 3 is 1.79 bits per heavy atom. The lowest BCUT2D eigenvalue weighted by atomic mass is 9.95. The van der Waals surface area contributed by atoms with E-state index in [9.17, 15) is 19.5 Å². The van der Waals surface area contributed by atoms with Crippen molar-refractivity contribution in [3.05, 3.63) is 0 Å². The maximum atomic E-state index is 10.4. The second-order valence-corrected chi connectivity index (χ2v) is 2.78. The van der Waals surface area contributed by atoms with Crippen LogP contribution in [0.15, 0.2) is 0 Å². The van der Waals surface area contributed by atoms with Crippen molar-refractivity contribution in [2.45, 2.75) is 12.0 Å². The van der Waals surface area contributed by atoms with Crippen LogP contribution in [0.2, 0.25) is 0 Å². The highest BCUT2D eigenvalue weighted by atomic mass is 32.1. The monoisotopic (exact) mass is 222 g/mol. The summed E-state index contributed by atoms with van der Waals surface area (Å²) in [6, 6.07) is 0. The normalized spacial score (nSPS) is 14.1. The predicted molar refractivity (Wildman–Crippen MR) is 45.1 cm³/mol. The minimum absolute atomic E-state index is 1.26. The number of aliphatic hydroxyl groups is 1. The summed E-state index contributed by atoms with van der Waals surface area (Å²) < 4.78 is 0. The minimum atomic E-state index is -3.05. The lowest BCUT2D eigenvalue weighted by molar-refractivity contribution is -0.158. The number of hydrogen-bond donors (Lipinski definition) is 4. The summed E-state index contributed by atoms with van der Waals surface area (Å²) in [6.45, 7) is 0. The Morgan fingerprint density at radius 2 is 1.57 bits per heavy atom. The third-order valence-electron chi connectivity index (χ3n) is 1.33. The molecule has 1 atom stereocenters. The van der Waals surface area contributed by atoms with Crippen LogP contribution in [0, 0.1) is 0 Å². The lowest BCUT2D eigenvalue weighted by Gasteiger charge is -2.19. The van der Waals surface area contributed by atoms with Gasteiger partial charge in [-0.1, -0.05) is 12.2 Å². The first kappa shape index (κ1) is 12.5. The van der Waals surface area contributed by atoms with Crippen molar-refractivity contribution >= 4 is 35.0 Å². The third-order valence-corrected chi connectivity index (χ3v) is 1.84. The van der Waals surface area contributed by atoms with Crippen molar-refractivity contribution in [1.29, 1.82) is 0 Å². The Hall–Kier alpha value is -1.54. The van der Waals surface area contributed by atoms with Gasteiger partial charge in [0.15, 0.2) is 0 Å². The van der Waals surface area contributed by atoms with E-state index in [-0.39, 0.29) is 0 Å². The summed E-state index contributed by atoms with van der Waals surface area (Å²) >= 11 is 4.11. The van der Waals surface area contributed by atoms with Gasteiger partial charge in [0.2, 0.25) is 5.60 Å². The number of carboxylic acids is 3. The molecule has 0 saturated heterocycles. The minimum Gasteiger partial charge on any atom is -0.481 e. The van der Waals surface area contributed by atoms with E-state index < -0.39 is 34.8 Å². The molecule has 0 aliphatic carbocycles. The van der Waals surface area contributed by atoms with Gasteiger partial charge < -0.3 is 20.4 Å². The number of carboxylic acid groups (broad SMARTS) is 3. The van der Waals surface area contributed by atoms with Crippen LogP contribution < -0.4 is 0 Å². The molecular weight excluding hydrogens is 216 g/mol. The Kier molecular flexibility index (Phi) is 3.66. The molecule has 0 aromatic heterocycles. The molecule has 0 aliphatic heterocycles. The highest BCUT2D eigenvalue weighted by molar-refractivity contribution is 7.82. The van der Waals surface area contributed by atoms with E-state index in [2.05, 4.69) is 12.2 Å². The maximum absolute atomic E-state index is 10.4. The number of aliphatic carboxylic acids is 3. The van der Waals surface area contributed by atoms with Gasteiger partial charge in [-0.15, -0.1) is 0 Å². The highest BCUT2D eigenvalue weighted by Gasteiger charge is 2.46. The van der Waals surface area contributed by atoms with Gasteiger partial charge in [0, 0.05) is 0 Å². The molecule has 8 heteroatoms. The molecule has 0 rings (SSSR count). The fraction of sp³-hybridized carbons (Fsp3) is 0.333. The first-order chi connectivity index (χ1) is 6.21. The van der Waals surface area contributed by atoms with Gasteiger partial charge in [-0.05, 0) is 0 Å². The number of rotatable bonds is 5. The molecule has 0 aromatic carbocycles. The van der Waals surface area contributed by atoms with Crippen LogP contribution in [0.25, 0.3) is 0 Å². The molecular formula is C6H6O7S. The zero-order valence-electron chi connectivity index (χ0n) is 6.63. The van der Waals surface area contributed by atoms with Crippen LogP contribution >= 0.6 is 12.2 Å². The molecule has 0 radical (unpaired) electrons. The van der Waals surface area contributed by atoms with Crippen LogP contribution in [0.3, 0.4) is 0 Å². The van der Waals surface area contributed by atoms with Gasteiger partial charge in [0.25, 0.3) is 0 Å². The first-order valence-electron chi connectivity index (χ1n) is 3.17. The Balaban J connectivity index is 5.10. The molecule has 14 heavy (non-hydrogen) atoms. The highest BCUT2D eigenvalue weighted by Crippen LogP contribution is 2.14. The van der Waals surface area contributed by atoms with Gasteiger partial charge >= 0.3 is 17.9 Å². The average Bonchev–Trinajstić information content (AvgIpc) is 2.00. The molecule has 0 heterocycles. The SMILES string of the molecule is O=C(O)CC(O)(C(=O)O)C(=S)C(=O)O. The van der Waals surface area contributed by atoms with E-state index in [0.717, 1.165) is 0 Å². The summed E-state index contributed by atoms with van der Waals surface area (Å²) in [5, 5.41) is 34.2. The summed E-state index contributed by atoms with van der Waals surface area (Å²) in [5.41, 5.74) is -3.05. The predicted octanol–water partition coefficient (Wildman–Crippen LogP) is -1.27. The topological polar surface area (TPSA) is 132 Å². The lowest BCUT2D eigenvalue weighted by Crippen LogP contribution is -2.50. The van der Waals surface area contributed by atoms with Crippen LogP contribution in [0.5, 0.6) is 0 Å². The summed E-state index contributed by atoms with van der Waals surface area (Å²) in [5.74, 6) is -5.52. The second-order valence-electron chi connectivity index (χ2n) is 2.37. The Bertz CT molecular complexity index is 309. The van der Waals surface area contributed by atoms with Crippen LogP contribution in [0.1, 0.15) is 6.42 Å². The molecule has 0 aliphatic rings. The van der Waals surface area contributed by atoms with Crippen molar-refractivity contribution < 1.29 is 34.8 Å². The zero-order chi connectivity index (χ0) is 11.5. The summed E-state index contributed by atoms with van der Waals surface area (Å²) in [4.78, 5) is 29.6. The number of hydrogen-bond acceptors (Lipinski definition) is 5. The van der Waals surface area contributed by atoms with E-state index >= 15 is 0 Å². The fourth-order valence-electron chi connectivity index (χ4n) is 0.649.